The number of fused-ring (bicyclic) bond motifs is 1. The van der Waals surface area contributed by atoms with Crippen molar-refractivity contribution in [3.63, 3.8) is 0 Å². The van der Waals surface area contributed by atoms with Crippen molar-refractivity contribution in [1.29, 1.82) is 0 Å². The number of hydrogen-bond donors (Lipinski definition) is 1. The Kier molecular flexibility index (Phi) is 3.92. The van der Waals surface area contributed by atoms with Crippen molar-refractivity contribution in [3.8, 4) is 0 Å². The number of carbonyl (C=O) groups is 1. The Bertz CT molecular complexity index is 749. The van der Waals surface area contributed by atoms with E-state index in [2.05, 4.69) is 15.1 Å². The van der Waals surface area contributed by atoms with Crippen LogP contribution in [0.3, 0.4) is 0 Å². The number of halogens is 1. The molecule has 1 aliphatic rings. The fourth-order valence-electron chi connectivity index (χ4n) is 2.62. The first-order valence-electron chi connectivity index (χ1n) is 7.35. The van der Waals surface area contributed by atoms with Crippen molar-refractivity contribution in [2.24, 2.45) is 5.10 Å². The lowest BCUT2D eigenvalue weighted by atomic mass is 9.99. The van der Waals surface area contributed by atoms with Gasteiger partial charge in [-0.2, -0.15) is 5.10 Å². The Labute approximate surface area is 144 Å². The van der Waals surface area contributed by atoms with Gasteiger partial charge in [0.2, 0.25) is 0 Å². The molecule has 1 amide bonds. The van der Waals surface area contributed by atoms with Gasteiger partial charge in [-0.1, -0.05) is 23.7 Å². The average Bonchev–Trinajstić information content (AvgIpc) is 2.92. The predicted octanol–water partition coefficient (Wildman–Crippen LogP) is 3.57. The van der Waals surface area contributed by atoms with Gasteiger partial charge in [-0.05, 0) is 39.2 Å². The average molecular weight is 351 g/mol. The summed E-state index contributed by atoms with van der Waals surface area (Å²) >= 11 is 8.07. The number of aromatic amines is 1. The topological polar surface area (TPSA) is 61.4 Å². The van der Waals surface area contributed by atoms with Crippen LogP contribution in [0.4, 0.5) is 0 Å². The first kappa shape index (κ1) is 16.3. The quantitative estimate of drug-likeness (QED) is 0.842. The SMILES string of the molecule is CSC1(Cl)C(=O)N(C(C)(C)C)N=CC1c1nc2ccccc2[nH]1. The minimum absolute atomic E-state index is 0.216. The first-order chi connectivity index (χ1) is 10.8. The molecule has 0 radical (unpaired) electrons. The van der Waals surface area contributed by atoms with Gasteiger partial charge in [0.15, 0.2) is 4.21 Å². The van der Waals surface area contributed by atoms with Crippen LogP contribution < -0.4 is 0 Å². The van der Waals surface area contributed by atoms with Crippen LogP contribution in [0.15, 0.2) is 29.4 Å². The maximum absolute atomic E-state index is 12.9. The molecule has 5 nitrogen and oxygen atoms in total. The molecule has 0 spiro atoms. The number of nitrogens with zero attached hydrogens (tertiary/aromatic N) is 3. The summed E-state index contributed by atoms with van der Waals surface area (Å²) in [4.78, 5) is 20.8. The van der Waals surface area contributed by atoms with Gasteiger partial charge in [-0.25, -0.2) is 9.99 Å². The van der Waals surface area contributed by atoms with Crippen molar-refractivity contribution in [3.05, 3.63) is 30.1 Å². The summed E-state index contributed by atoms with van der Waals surface area (Å²) in [5.74, 6) is 0.0194. The van der Waals surface area contributed by atoms with Crippen LogP contribution in [0.5, 0.6) is 0 Å². The van der Waals surface area contributed by atoms with Gasteiger partial charge in [0.05, 0.1) is 22.5 Å². The summed E-state index contributed by atoms with van der Waals surface area (Å²) < 4.78 is -1.16. The summed E-state index contributed by atoms with van der Waals surface area (Å²) in [6.45, 7) is 5.80. The zero-order chi connectivity index (χ0) is 16.8. The largest absolute Gasteiger partial charge is 0.341 e. The smallest absolute Gasteiger partial charge is 0.275 e. The van der Waals surface area contributed by atoms with Gasteiger partial charge < -0.3 is 4.98 Å². The third kappa shape index (κ3) is 2.64. The summed E-state index contributed by atoms with van der Waals surface area (Å²) in [6, 6.07) is 7.74. The van der Waals surface area contributed by atoms with Crippen molar-refractivity contribution in [1.82, 2.24) is 15.0 Å². The number of imidazole rings is 1. The molecule has 0 saturated heterocycles. The van der Waals surface area contributed by atoms with Gasteiger partial charge in [0.25, 0.3) is 5.91 Å². The molecule has 7 heteroatoms. The Morgan fingerprint density at radius 1 is 1.35 bits per heavy atom. The van der Waals surface area contributed by atoms with E-state index < -0.39 is 15.7 Å². The summed E-state index contributed by atoms with van der Waals surface area (Å²) in [5, 5.41) is 5.81. The van der Waals surface area contributed by atoms with Crippen molar-refractivity contribution < 1.29 is 4.79 Å². The third-order valence-electron chi connectivity index (χ3n) is 3.85. The Hall–Kier alpha value is -1.53. The molecule has 0 saturated carbocycles. The molecule has 0 bridgehead atoms. The highest BCUT2D eigenvalue weighted by Crippen LogP contribution is 2.45. The van der Waals surface area contributed by atoms with E-state index in [0.717, 1.165) is 11.0 Å². The zero-order valence-electron chi connectivity index (χ0n) is 13.5. The number of carbonyl (C=O) groups excluding carboxylic acids is 1. The number of thioether (sulfide) groups is 1. The highest BCUT2D eigenvalue weighted by Gasteiger charge is 2.52. The van der Waals surface area contributed by atoms with Gasteiger partial charge in [-0.15, -0.1) is 11.8 Å². The summed E-state index contributed by atoms with van der Waals surface area (Å²) in [5.41, 5.74) is 1.34. The van der Waals surface area contributed by atoms with Gasteiger partial charge >= 0.3 is 0 Å². The molecule has 3 rings (SSSR count). The number of H-pyrrole nitrogens is 1. The fraction of sp³-hybridized carbons (Fsp3) is 0.438. The second-order valence-corrected chi connectivity index (χ2v) is 8.39. The fourth-order valence-corrected chi connectivity index (χ4v) is 3.54. The molecule has 1 aromatic heterocycles. The van der Waals surface area contributed by atoms with E-state index in [1.807, 2.05) is 51.3 Å². The molecule has 2 atom stereocenters. The highest BCUT2D eigenvalue weighted by molar-refractivity contribution is 8.02. The van der Waals surface area contributed by atoms with Crippen LogP contribution in [0.1, 0.15) is 32.5 Å². The van der Waals surface area contributed by atoms with E-state index >= 15 is 0 Å². The molecule has 2 unspecified atom stereocenters. The minimum Gasteiger partial charge on any atom is -0.341 e. The lowest BCUT2D eigenvalue weighted by molar-refractivity contribution is -0.137. The van der Waals surface area contributed by atoms with Crippen LogP contribution in [0.2, 0.25) is 0 Å². The number of aromatic nitrogens is 2. The Morgan fingerprint density at radius 2 is 2.04 bits per heavy atom. The lowest BCUT2D eigenvalue weighted by Gasteiger charge is -2.41. The molecule has 1 N–H and O–H groups in total. The van der Waals surface area contributed by atoms with E-state index in [4.69, 9.17) is 11.6 Å². The second-order valence-electron chi connectivity index (χ2n) is 6.52. The normalized spacial score (nSPS) is 25.3. The molecule has 23 heavy (non-hydrogen) atoms. The number of alkyl halides is 1. The number of hydrogen-bond acceptors (Lipinski definition) is 4. The number of amides is 1. The molecular weight excluding hydrogens is 332 g/mol. The van der Waals surface area contributed by atoms with Gasteiger partial charge in [-0.3, -0.25) is 4.79 Å². The Balaban J connectivity index is 2.09. The number of hydrazone groups is 1. The molecular formula is C16H19ClN4OS. The molecule has 2 heterocycles. The third-order valence-corrected chi connectivity index (χ3v) is 5.73. The van der Waals surface area contributed by atoms with Crippen LogP contribution in [-0.4, -0.2) is 43.1 Å². The van der Waals surface area contributed by atoms with Crippen molar-refractivity contribution in [2.45, 2.75) is 36.4 Å². The van der Waals surface area contributed by atoms with Crippen molar-refractivity contribution in [2.75, 3.05) is 6.26 Å². The standard InChI is InChI=1S/C16H19ClN4OS/c1-15(2,3)21-14(22)16(17,23-4)10(9-18-21)13-19-11-7-5-6-8-12(11)20-13/h5-10H,1-4H3,(H,19,20). The number of rotatable bonds is 2. The minimum atomic E-state index is -1.16. The van der Waals surface area contributed by atoms with Crippen molar-refractivity contribution >= 4 is 46.5 Å². The molecule has 2 aromatic rings. The monoisotopic (exact) mass is 350 g/mol. The zero-order valence-corrected chi connectivity index (χ0v) is 15.1. The number of para-hydroxylation sites is 2. The maximum atomic E-state index is 12.9. The van der Waals surface area contributed by atoms with E-state index in [1.165, 1.54) is 16.8 Å². The van der Waals surface area contributed by atoms with Crippen LogP contribution in [-0.2, 0) is 4.79 Å². The Morgan fingerprint density at radius 3 is 2.65 bits per heavy atom. The highest BCUT2D eigenvalue weighted by atomic mass is 35.5. The van der Waals surface area contributed by atoms with E-state index in [9.17, 15) is 4.79 Å². The van der Waals surface area contributed by atoms with Gasteiger partial charge in [0, 0.05) is 6.21 Å². The second kappa shape index (κ2) is 5.53. The molecule has 122 valence electrons. The molecule has 0 aliphatic carbocycles. The molecule has 1 aliphatic heterocycles. The van der Waals surface area contributed by atoms with E-state index in [1.54, 1.807) is 6.21 Å². The van der Waals surface area contributed by atoms with Crippen LogP contribution >= 0.6 is 23.4 Å². The first-order valence-corrected chi connectivity index (χ1v) is 8.95. The number of nitrogens with one attached hydrogen (secondary N) is 1. The van der Waals surface area contributed by atoms with E-state index in [0.29, 0.717) is 5.82 Å². The maximum Gasteiger partial charge on any atom is 0.275 e. The van der Waals surface area contributed by atoms with Crippen LogP contribution in [0.25, 0.3) is 11.0 Å². The van der Waals surface area contributed by atoms with Crippen LogP contribution in [0, 0.1) is 0 Å². The predicted molar refractivity (Wildman–Crippen MR) is 96.0 cm³/mol. The summed E-state index contributed by atoms with van der Waals surface area (Å²) in [7, 11) is 0. The number of benzene rings is 1. The van der Waals surface area contributed by atoms with Gasteiger partial charge in [0.1, 0.15) is 5.82 Å². The lowest BCUT2D eigenvalue weighted by Crippen LogP contribution is -2.55. The molecule has 0 fully saturated rings. The molecule has 1 aromatic carbocycles. The summed E-state index contributed by atoms with van der Waals surface area (Å²) in [6.07, 6.45) is 3.55. The van der Waals surface area contributed by atoms with E-state index in [-0.39, 0.29) is 5.91 Å².